The zero-order valence-electron chi connectivity index (χ0n) is 13.7. The van der Waals surface area contributed by atoms with Crippen LogP contribution in [-0.2, 0) is 11.3 Å². The first-order valence-electron chi connectivity index (χ1n) is 7.93. The molecule has 2 aromatic heterocycles. The van der Waals surface area contributed by atoms with Crippen molar-refractivity contribution in [1.82, 2.24) is 15.5 Å². The summed E-state index contributed by atoms with van der Waals surface area (Å²) >= 11 is 2.99. The zero-order valence-corrected chi connectivity index (χ0v) is 15.3. The molecule has 0 bridgehead atoms. The molecule has 0 spiro atoms. The minimum atomic E-state index is -0.0231. The summed E-state index contributed by atoms with van der Waals surface area (Å²) in [5.74, 6) is 1.74. The standard InChI is InChI=1S/C18H15N3O3S2/c22-17(19-9-13-2-1-7-25-13)10-26-18-6-4-14(20-21-18)12-3-5-15-16(8-12)24-11-23-15/h1-8H,9-11H2,(H,19,22). The molecule has 26 heavy (non-hydrogen) atoms. The van der Waals surface area contributed by atoms with Crippen LogP contribution in [0.15, 0.2) is 52.9 Å². The van der Waals surface area contributed by atoms with E-state index in [2.05, 4.69) is 15.5 Å². The molecule has 1 aliphatic heterocycles. The first-order valence-corrected chi connectivity index (χ1v) is 9.80. The Morgan fingerprint density at radius 3 is 2.88 bits per heavy atom. The van der Waals surface area contributed by atoms with Gasteiger partial charge in [-0.1, -0.05) is 17.8 Å². The van der Waals surface area contributed by atoms with E-state index in [0.717, 1.165) is 21.9 Å². The lowest BCUT2D eigenvalue weighted by atomic mass is 10.1. The first kappa shape index (κ1) is 16.9. The van der Waals surface area contributed by atoms with Crippen LogP contribution in [0.1, 0.15) is 4.88 Å². The predicted octanol–water partition coefficient (Wildman–Crippen LogP) is 3.34. The Bertz CT molecular complexity index is 899. The lowest BCUT2D eigenvalue weighted by Gasteiger charge is -2.05. The van der Waals surface area contributed by atoms with Crippen LogP contribution >= 0.6 is 23.1 Å². The van der Waals surface area contributed by atoms with Gasteiger partial charge in [-0.15, -0.1) is 21.5 Å². The summed E-state index contributed by atoms with van der Waals surface area (Å²) < 4.78 is 10.7. The fraction of sp³-hybridized carbons (Fsp3) is 0.167. The van der Waals surface area contributed by atoms with Crippen molar-refractivity contribution in [2.24, 2.45) is 0 Å². The van der Waals surface area contributed by atoms with Crippen LogP contribution < -0.4 is 14.8 Å². The summed E-state index contributed by atoms with van der Waals surface area (Å²) in [5.41, 5.74) is 1.65. The molecule has 3 heterocycles. The lowest BCUT2D eigenvalue weighted by molar-refractivity contribution is -0.118. The molecule has 0 unspecified atom stereocenters. The van der Waals surface area contributed by atoms with E-state index >= 15 is 0 Å². The molecule has 8 heteroatoms. The van der Waals surface area contributed by atoms with Crippen molar-refractivity contribution < 1.29 is 14.3 Å². The third-order valence-corrected chi connectivity index (χ3v) is 5.50. The van der Waals surface area contributed by atoms with Crippen molar-refractivity contribution in [1.29, 1.82) is 0 Å². The number of thioether (sulfide) groups is 1. The monoisotopic (exact) mass is 385 g/mol. The fourth-order valence-corrected chi connectivity index (χ4v) is 3.68. The largest absolute Gasteiger partial charge is 0.454 e. The lowest BCUT2D eigenvalue weighted by Crippen LogP contribution is -2.24. The van der Waals surface area contributed by atoms with Gasteiger partial charge in [0, 0.05) is 10.4 Å². The molecule has 132 valence electrons. The Kier molecular flexibility index (Phi) is 5.03. The molecule has 3 aromatic rings. The Hall–Kier alpha value is -2.58. The average Bonchev–Trinajstić information content (AvgIpc) is 3.36. The number of nitrogens with one attached hydrogen (secondary N) is 1. The van der Waals surface area contributed by atoms with Gasteiger partial charge in [-0.3, -0.25) is 4.79 Å². The van der Waals surface area contributed by atoms with Gasteiger partial charge in [0.05, 0.1) is 18.0 Å². The molecule has 0 radical (unpaired) electrons. The molecule has 0 saturated heterocycles. The Morgan fingerprint density at radius 2 is 2.08 bits per heavy atom. The second-order valence-corrected chi connectivity index (χ2v) is 7.50. The Morgan fingerprint density at radius 1 is 1.15 bits per heavy atom. The van der Waals surface area contributed by atoms with Gasteiger partial charge in [0.1, 0.15) is 5.03 Å². The van der Waals surface area contributed by atoms with E-state index in [-0.39, 0.29) is 12.7 Å². The number of rotatable bonds is 6. The maximum Gasteiger partial charge on any atom is 0.231 e. The smallest absolute Gasteiger partial charge is 0.231 e. The highest BCUT2D eigenvalue weighted by Crippen LogP contribution is 2.35. The van der Waals surface area contributed by atoms with Crippen molar-refractivity contribution in [3.05, 3.63) is 52.7 Å². The van der Waals surface area contributed by atoms with E-state index in [0.29, 0.717) is 23.1 Å². The van der Waals surface area contributed by atoms with Gasteiger partial charge in [-0.05, 0) is 41.8 Å². The SMILES string of the molecule is O=C(CSc1ccc(-c2ccc3c(c2)OCO3)nn1)NCc1cccs1. The van der Waals surface area contributed by atoms with Crippen LogP contribution in [0.2, 0.25) is 0 Å². The third kappa shape index (κ3) is 3.97. The van der Waals surface area contributed by atoms with Crippen LogP contribution in [0.5, 0.6) is 11.5 Å². The normalized spacial score (nSPS) is 12.2. The number of fused-ring (bicyclic) bond motifs is 1. The van der Waals surface area contributed by atoms with E-state index in [9.17, 15) is 4.79 Å². The number of amides is 1. The van der Waals surface area contributed by atoms with Crippen molar-refractivity contribution in [3.63, 3.8) is 0 Å². The van der Waals surface area contributed by atoms with Gasteiger partial charge < -0.3 is 14.8 Å². The predicted molar refractivity (Wildman–Crippen MR) is 100 cm³/mol. The molecule has 6 nitrogen and oxygen atoms in total. The first-order chi connectivity index (χ1) is 12.8. The summed E-state index contributed by atoms with van der Waals surface area (Å²) in [6.07, 6.45) is 0. The Balaban J connectivity index is 1.32. The van der Waals surface area contributed by atoms with Crippen LogP contribution in [0.4, 0.5) is 0 Å². The highest BCUT2D eigenvalue weighted by molar-refractivity contribution is 7.99. The molecular formula is C18H15N3O3S2. The number of benzene rings is 1. The van der Waals surface area contributed by atoms with Crippen LogP contribution in [0.25, 0.3) is 11.3 Å². The summed E-state index contributed by atoms with van der Waals surface area (Å²) in [4.78, 5) is 13.0. The highest BCUT2D eigenvalue weighted by atomic mass is 32.2. The quantitative estimate of drug-likeness (QED) is 0.656. The van der Waals surface area contributed by atoms with Crippen LogP contribution in [0, 0.1) is 0 Å². The number of aromatic nitrogens is 2. The molecule has 1 aliphatic rings. The van der Waals surface area contributed by atoms with E-state index in [1.165, 1.54) is 11.8 Å². The minimum absolute atomic E-state index is 0.0231. The molecule has 4 rings (SSSR count). The summed E-state index contributed by atoms with van der Waals surface area (Å²) in [6, 6.07) is 13.4. The summed E-state index contributed by atoms with van der Waals surface area (Å²) in [5, 5.41) is 14.0. The number of nitrogens with zero attached hydrogens (tertiary/aromatic N) is 2. The number of thiophene rings is 1. The molecule has 1 aromatic carbocycles. The van der Waals surface area contributed by atoms with Crippen molar-refractivity contribution in [2.75, 3.05) is 12.5 Å². The molecule has 0 aliphatic carbocycles. The van der Waals surface area contributed by atoms with Gasteiger partial charge >= 0.3 is 0 Å². The topological polar surface area (TPSA) is 73.3 Å². The van der Waals surface area contributed by atoms with Gasteiger partial charge in [-0.25, -0.2) is 0 Å². The number of carbonyl (C=O) groups excluding carboxylic acids is 1. The van der Waals surface area contributed by atoms with Crippen molar-refractivity contribution in [2.45, 2.75) is 11.6 Å². The third-order valence-electron chi connectivity index (χ3n) is 3.70. The van der Waals surface area contributed by atoms with E-state index < -0.39 is 0 Å². The highest BCUT2D eigenvalue weighted by Gasteiger charge is 2.14. The van der Waals surface area contributed by atoms with E-state index in [1.54, 1.807) is 11.3 Å². The molecule has 0 saturated carbocycles. The second kappa shape index (κ2) is 7.76. The van der Waals surface area contributed by atoms with Crippen molar-refractivity contribution in [3.8, 4) is 22.8 Å². The minimum Gasteiger partial charge on any atom is -0.454 e. The number of hydrogen-bond donors (Lipinski definition) is 1. The van der Waals surface area contributed by atoms with Gasteiger partial charge in [0.25, 0.3) is 0 Å². The molecule has 0 atom stereocenters. The van der Waals surface area contributed by atoms with Crippen LogP contribution in [0.3, 0.4) is 0 Å². The van der Waals surface area contributed by atoms with Gasteiger partial charge in [0.15, 0.2) is 11.5 Å². The maximum absolute atomic E-state index is 11.9. The molecule has 1 N–H and O–H groups in total. The maximum atomic E-state index is 11.9. The van der Waals surface area contributed by atoms with Crippen LogP contribution in [-0.4, -0.2) is 28.7 Å². The molecule has 1 amide bonds. The van der Waals surface area contributed by atoms with Crippen molar-refractivity contribution >= 4 is 29.0 Å². The Labute approximate surface area is 158 Å². The summed E-state index contributed by atoms with van der Waals surface area (Å²) in [7, 11) is 0. The second-order valence-electron chi connectivity index (χ2n) is 5.47. The summed E-state index contributed by atoms with van der Waals surface area (Å²) in [6.45, 7) is 0.806. The number of ether oxygens (including phenoxy) is 2. The van der Waals surface area contributed by atoms with Gasteiger partial charge in [0.2, 0.25) is 12.7 Å². The number of hydrogen-bond acceptors (Lipinski definition) is 7. The number of carbonyl (C=O) groups is 1. The van der Waals surface area contributed by atoms with E-state index in [4.69, 9.17) is 9.47 Å². The zero-order chi connectivity index (χ0) is 17.8. The fourth-order valence-electron chi connectivity index (χ4n) is 2.40. The average molecular weight is 385 g/mol. The van der Waals surface area contributed by atoms with Gasteiger partial charge in [-0.2, -0.15) is 0 Å². The van der Waals surface area contributed by atoms with E-state index in [1.807, 2.05) is 47.8 Å². The molecular weight excluding hydrogens is 370 g/mol. The molecule has 0 fully saturated rings.